The molecule has 0 bridgehead atoms. The Balaban J connectivity index is 5.30. The topological polar surface area (TPSA) is 26.3 Å². The molecule has 0 aliphatic carbocycles. The summed E-state index contributed by atoms with van der Waals surface area (Å²) in [6.45, 7) is 19.7. The number of allylic oxidation sites excluding steroid dienone is 1. The number of hydrogen-bond acceptors (Lipinski definition) is 2. The van der Waals surface area contributed by atoms with Crippen LogP contribution in [0.5, 0.6) is 0 Å². The second-order valence-corrected chi connectivity index (χ2v) is 10.0. The van der Waals surface area contributed by atoms with Crippen molar-refractivity contribution in [3.63, 3.8) is 0 Å². The van der Waals surface area contributed by atoms with Crippen LogP contribution in [0, 0.1) is 0 Å². The first kappa shape index (κ1) is 15.2. The Morgan fingerprint density at radius 3 is 1.62 bits per heavy atom. The van der Waals surface area contributed by atoms with Crippen molar-refractivity contribution in [2.75, 3.05) is 0 Å². The highest BCUT2D eigenvalue weighted by Gasteiger charge is 2.46. The van der Waals surface area contributed by atoms with Gasteiger partial charge in [0, 0.05) is 5.57 Å². The molecule has 0 aromatic carbocycles. The normalized spacial score (nSPS) is 11.8. The second kappa shape index (κ2) is 5.48. The molecule has 0 radical (unpaired) electrons. The molecule has 0 saturated heterocycles. The van der Waals surface area contributed by atoms with Crippen molar-refractivity contribution in [2.45, 2.75) is 52.6 Å². The summed E-state index contributed by atoms with van der Waals surface area (Å²) >= 11 is 0. The van der Waals surface area contributed by atoms with Crippen molar-refractivity contribution < 1.29 is 9.22 Å². The van der Waals surface area contributed by atoms with Crippen LogP contribution in [0.15, 0.2) is 23.9 Å². The van der Waals surface area contributed by atoms with Crippen LogP contribution < -0.4 is 0 Å². The van der Waals surface area contributed by atoms with Crippen LogP contribution in [0.4, 0.5) is 0 Å². The van der Waals surface area contributed by atoms with Crippen molar-refractivity contribution in [3.8, 4) is 0 Å². The van der Waals surface area contributed by atoms with Crippen molar-refractivity contribution in [1.82, 2.24) is 0 Å². The van der Waals surface area contributed by atoms with Gasteiger partial charge in [-0.1, -0.05) is 39.5 Å². The molecule has 0 atom stereocenters. The molecule has 2 nitrogen and oxygen atoms in total. The summed E-state index contributed by atoms with van der Waals surface area (Å²) in [5.74, 6) is -0.280. The van der Waals surface area contributed by atoms with Gasteiger partial charge in [0.2, 0.25) is 0 Å². The smallest absolute Gasteiger partial charge is 0.320 e. The molecule has 0 fully saturated rings. The van der Waals surface area contributed by atoms with E-state index in [0.29, 0.717) is 16.7 Å². The number of rotatable bonds is 5. The highest BCUT2D eigenvalue weighted by atomic mass is 28.4. The maximum Gasteiger partial charge on any atom is 0.320 e. The number of carbonyl (C=O) groups excluding carboxylic acids is 1. The van der Waals surface area contributed by atoms with Crippen molar-refractivity contribution >= 4 is 14.3 Å². The molecule has 0 aromatic heterocycles. The van der Waals surface area contributed by atoms with Crippen LogP contribution in [0.2, 0.25) is 11.1 Å². The molecule has 0 spiro atoms. The van der Waals surface area contributed by atoms with Gasteiger partial charge >= 0.3 is 5.97 Å². The first-order chi connectivity index (χ1) is 7.16. The average Bonchev–Trinajstić information content (AvgIpc) is 2.11. The molecule has 0 aliphatic heterocycles. The van der Waals surface area contributed by atoms with Crippen LogP contribution in [-0.4, -0.2) is 14.3 Å². The van der Waals surface area contributed by atoms with Gasteiger partial charge in [-0.2, -0.15) is 0 Å². The largest absolute Gasteiger partial charge is 0.511 e. The third-order valence-electron chi connectivity index (χ3n) is 2.99. The van der Waals surface area contributed by atoms with E-state index in [-0.39, 0.29) is 5.97 Å². The molecule has 3 heteroatoms. The lowest BCUT2D eigenvalue weighted by atomic mass is 10.4. The molecule has 16 heavy (non-hydrogen) atoms. The molecule has 0 aliphatic rings. The number of carbonyl (C=O) groups is 1. The van der Waals surface area contributed by atoms with Crippen LogP contribution in [0.25, 0.3) is 0 Å². The van der Waals surface area contributed by atoms with Crippen molar-refractivity contribution in [3.05, 3.63) is 23.9 Å². The second-order valence-electron chi connectivity index (χ2n) is 5.05. The molecule has 92 valence electrons. The minimum Gasteiger partial charge on any atom is -0.511 e. The Labute approximate surface area is 101 Å². The summed E-state index contributed by atoms with van der Waals surface area (Å²) in [6.07, 6.45) is 0. The summed E-state index contributed by atoms with van der Waals surface area (Å²) < 4.78 is 5.78. The molecule has 0 N–H and O–H groups in total. The standard InChI is InChI=1S/C13H24O2Si/c1-9(2)13(14)15-16(10(3)4,11(5)6)12(7)8/h11-12H,1,3H2,2,4-8H3. The van der Waals surface area contributed by atoms with E-state index < -0.39 is 8.32 Å². The molecular formula is C13H24O2Si. The lowest BCUT2D eigenvalue weighted by molar-refractivity contribution is -0.131. The van der Waals surface area contributed by atoms with Crippen molar-refractivity contribution in [1.29, 1.82) is 0 Å². The molecule has 0 rings (SSSR count). The van der Waals surface area contributed by atoms with Gasteiger partial charge in [-0.25, -0.2) is 4.79 Å². The first-order valence-corrected chi connectivity index (χ1v) is 7.77. The highest BCUT2D eigenvalue weighted by Crippen LogP contribution is 2.38. The fourth-order valence-corrected chi connectivity index (χ4v) is 6.65. The van der Waals surface area contributed by atoms with Crippen LogP contribution >= 0.6 is 0 Å². The van der Waals surface area contributed by atoms with E-state index in [1.807, 2.05) is 6.92 Å². The third kappa shape index (κ3) is 2.85. The third-order valence-corrected chi connectivity index (χ3v) is 8.28. The minimum atomic E-state index is -2.26. The SMILES string of the molecule is C=C(C)C(=O)O[Si](C(=C)C)(C(C)C)C(C)C. The van der Waals surface area contributed by atoms with Crippen LogP contribution in [0.3, 0.4) is 0 Å². The van der Waals surface area contributed by atoms with E-state index in [2.05, 4.69) is 40.9 Å². The predicted octanol–water partition coefficient (Wildman–Crippen LogP) is 3.99. The van der Waals surface area contributed by atoms with Crippen molar-refractivity contribution in [2.24, 2.45) is 0 Å². The monoisotopic (exact) mass is 240 g/mol. The van der Waals surface area contributed by atoms with E-state index in [0.717, 1.165) is 5.20 Å². The van der Waals surface area contributed by atoms with Gasteiger partial charge in [0.15, 0.2) is 0 Å². The molecule has 0 amide bonds. The summed E-state index contributed by atoms with van der Waals surface area (Å²) in [4.78, 5) is 11.7. The molecule has 0 heterocycles. The van der Waals surface area contributed by atoms with Gasteiger partial charge in [0.05, 0.1) is 0 Å². The zero-order valence-corrected chi connectivity index (χ0v) is 12.4. The van der Waals surface area contributed by atoms with E-state index >= 15 is 0 Å². The average molecular weight is 240 g/mol. The fourth-order valence-electron chi connectivity index (χ4n) is 2.22. The van der Waals surface area contributed by atoms with Gasteiger partial charge < -0.3 is 4.43 Å². The molecule has 0 unspecified atom stereocenters. The molecule has 0 saturated carbocycles. The van der Waals surface area contributed by atoms with Crippen LogP contribution in [-0.2, 0) is 9.22 Å². The Morgan fingerprint density at radius 1 is 1.06 bits per heavy atom. The lowest BCUT2D eigenvalue weighted by Crippen LogP contribution is -2.48. The van der Waals surface area contributed by atoms with Crippen LogP contribution in [0.1, 0.15) is 41.5 Å². The van der Waals surface area contributed by atoms with E-state index in [9.17, 15) is 4.79 Å². The zero-order chi connectivity index (χ0) is 13.1. The van der Waals surface area contributed by atoms with E-state index in [4.69, 9.17) is 4.43 Å². The summed E-state index contributed by atoms with van der Waals surface area (Å²) in [7, 11) is -2.26. The van der Waals surface area contributed by atoms with E-state index in [1.165, 1.54) is 0 Å². The minimum absolute atomic E-state index is 0.280. The van der Waals surface area contributed by atoms with Gasteiger partial charge in [-0.05, 0) is 24.9 Å². The highest BCUT2D eigenvalue weighted by molar-refractivity contribution is 6.84. The predicted molar refractivity (Wildman–Crippen MR) is 71.7 cm³/mol. The van der Waals surface area contributed by atoms with Gasteiger partial charge in [-0.15, -0.1) is 6.58 Å². The Hall–Kier alpha value is -0.833. The summed E-state index contributed by atoms with van der Waals surface area (Å²) in [5, 5.41) is 1.02. The Kier molecular flexibility index (Phi) is 5.20. The zero-order valence-electron chi connectivity index (χ0n) is 11.4. The van der Waals surface area contributed by atoms with E-state index in [1.54, 1.807) is 6.92 Å². The summed E-state index contributed by atoms with van der Waals surface area (Å²) in [6, 6.07) is 0. The quantitative estimate of drug-likeness (QED) is 0.536. The van der Waals surface area contributed by atoms with Gasteiger partial charge in [-0.3, -0.25) is 0 Å². The van der Waals surface area contributed by atoms with Gasteiger partial charge in [0.1, 0.15) is 0 Å². The van der Waals surface area contributed by atoms with Gasteiger partial charge in [0.25, 0.3) is 8.32 Å². The summed E-state index contributed by atoms with van der Waals surface area (Å²) in [5.41, 5.74) is 1.11. The lowest BCUT2D eigenvalue weighted by Gasteiger charge is -2.38. The maximum atomic E-state index is 11.7. The first-order valence-electron chi connectivity index (χ1n) is 5.71. The molecular weight excluding hydrogens is 216 g/mol. The Morgan fingerprint density at radius 2 is 1.44 bits per heavy atom. The maximum absolute atomic E-state index is 11.7. The fraction of sp³-hybridized carbons (Fsp3) is 0.615. The molecule has 0 aromatic rings. The number of hydrogen-bond donors (Lipinski definition) is 0. The Bertz CT molecular complexity index is 295.